The Morgan fingerprint density at radius 1 is 0.919 bits per heavy atom. The molecule has 10 nitrogen and oxygen atoms in total. The number of pyridine rings is 2. The summed E-state index contributed by atoms with van der Waals surface area (Å²) in [4.78, 5) is 27.8. The Morgan fingerprint density at radius 2 is 1.43 bits per heavy atom. The highest BCUT2D eigenvalue weighted by molar-refractivity contribution is 6.41. The Bertz CT molecular complexity index is 1100. The molecule has 2 aromatic rings. The third kappa shape index (κ3) is 13.5. The van der Waals surface area contributed by atoms with E-state index in [1.807, 2.05) is 20.8 Å². The summed E-state index contributed by atoms with van der Waals surface area (Å²) in [5, 5.41) is 28.0. The van der Waals surface area contributed by atoms with Crippen LogP contribution in [0, 0.1) is 20.2 Å². The van der Waals surface area contributed by atoms with Crippen molar-refractivity contribution in [2.45, 2.75) is 48.0 Å². The predicted molar refractivity (Wildman–Crippen MR) is 152 cm³/mol. The molecule has 0 aliphatic rings. The lowest BCUT2D eigenvalue weighted by Gasteiger charge is -2.15. The minimum absolute atomic E-state index is 0. The highest BCUT2D eigenvalue weighted by atomic mass is 35.5. The molecule has 0 radical (unpaired) electrons. The van der Waals surface area contributed by atoms with E-state index in [2.05, 4.69) is 20.6 Å². The maximum Gasteiger partial charge on any atom is 0.253 e. The summed E-state index contributed by atoms with van der Waals surface area (Å²) in [5.41, 5.74) is 2.52. The van der Waals surface area contributed by atoms with Gasteiger partial charge in [-0.1, -0.05) is 68.2 Å². The van der Waals surface area contributed by atoms with Crippen molar-refractivity contribution < 1.29 is 9.85 Å². The van der Waals surface area contributed by atoms with Gasteiger partial charge in [-0.2, -0.15) is 0 Å². The lowest BCUT2D eigenvalue weighted by Crippen LogP contribution is -2.18. The molecular formula is C23H32Cl4N6O4. The predicted octanol–water partition coefficient (Wildman–Crippen LogP) is 7.15. The highest BCUT2D eigenvalue weighted by Gasteiger charge is 2.16. The molecule has 2 N–H and O–H groups in total. The van der Waals surface area contributed by atoms with Crippen LogP contribution in [-0.2, 0) is 6.42 Å². The van der Waals surface area contributed by atoms with Crippen molar-refractivity contribution in [3.8, 4) is 0 Å². The Labute approximate surface area is 237 Å². The van der Waals surface area contributed by atoms with Crippen LogP contribution < -0.4 is 10.6 Å². The zero-order valence-corrected chi connectivity index (χ0v) is 22.1. The van der Waals surface area contributed by atoms with Crippen molar-refractivity contribution >= 4 is 46.4 Å². The van der Waals surface area contributed by atoms with Crippen LogP contribution in [-0.4, -0.2) is 32.9 Å². The Morgan fingerprint density at radius 3 is 1.89 bits per heavy atom. The van der Waals surface area contributed by atoms with Gasteiger partial charge in [0.2, 0.25) is 0 Å². The van der Waals surface area contributed by atoms with Gasteiger partial charge in [0.1, 0.15) is 10.3 Å². The fraction of sp³-hybridized carbons (Fsp3) is 0.391. The summed E-state index contributed by atoms with van der Waals surface area (Å²) in [6.07, 6.45) is 5.35. The van der Waals surface area contributed by atoms with Crippen LogP contribution in [0.1, 0.15) is 52.7 Å². The fourth-order valence-electron chi connectivity index (χ4n) is 2.77. The standard InChI is InChI=1S/C11H13Cl2N3O2.C10H11Cl2N3O2.2CH4/c1-3-14-10(6-16(17)18)7(2)8-4-9(12)11(13)15-5-8;1-2-13-8(6-15(16)17)3-7-4-9(11)10(12)14-5-7;;/h4-7,14H,3H2,1-2H3;4-6,13H,2-3H2,1H3;2*1H4/b10-6-;8-6-;;. The van der Waals surface area contributed by atoms with E-state index < -0.39 is 9.85 Å². The van der Waals surface area contributed by atoms with Crippen molar-refractivity contribution in [1.29, 1.82) is 0 Å². The van der Waals surface area contributed by atoms with Gasteiger partial charge in [-0.15, -0.1) is 0 Å². The minimum Gasteiger partial charge on any atom is -0.383 e. The Kier molecular flexibility index (Phi) is 18.3. The van der Waals surface area contributed by atoms with E-state index in [9.17, 15) is 20.2 Å². The first-order valence-corrected chi connectivity index (χ1v) is 11.8. The molecule has 2 aromatic heterocycles. The normalized spacial score (nSPS) is 11.6. The van der Waals surface area contributed by atoms with Crippen molar-refractivity contribution in [3.63, 3.8) is 0 Å². The number of aromatic nitrogens is 2. The third-order valence-corrected chi connectivity index (χ3v) is 5.69. The van der Waals surface area contributed by atoms with Gasteiger partial charge in [0, 0.05) is 37.8 Å². The van der Waals surface area contributed by atoms with E-state index in [1.54, 1.807) is 24.5 Å². The molecule has 0 bridgehead atoms. The molecule has 0 saturated heterocycles. The van der Waals surface area contributed by atoms with Crippen molar-refractivity contribution in [2.24, 2.45) is 0 Å². The smallest absolute Gasteiger partial charge is 0.253 e. The second kappa shape index (κ2) is 18.6. The number of likely N-dealkylation sites (N-methyl/N-ethyl adjacent to an activating group) is 2. The number of halogens is 4. The van der Waals surface area contributed by atoms with Crippen LogP contribution >= 0.6 is 46.4 Å². The van der Waals surface area contributed by atoms with Crippen molar-refractivity contribution in [2.75, 3.05) is 13.1 Å². The van der Waals surface area contributed by atoms with Gasteiger partial charge in [-0.3, -0.25) is 20.2 Å². The van der Waals surface area contributed by atoms with Crippen LogP contribution in [0.3, 0.4) is 0 Å². The highest BCUT2D eigenvalue weighted by Crippen LogP contribution is 2.27. The average molecular weight is 598 g/mol. The number of hydrogen-bond acceptors (Lipinski definition) is 8. The largest absolute Gasteiger partial charge is 0.383 e. The molecule has 37 heavy (non-hydrogen) atoms. The fourth-order valence-corrected chi connectivity index (χ4v) is 3.34. The molecule has 0 saturated carbocycles. The van der Waals surface area contributed by atoms with Crippen LogP contribution in [0.25, 0.3) is 0 Å². The van der Waals surface area contributed by atoms with Gasteiger partial charge < -0.3 is 10.6 Å². The van der Waals surface area contributed by atoms with Gasteiger partial charge in [-0.25, -0.2) is 9.97 Å². The first kappa shape index (κ1) is 36.5. The summed E-state index contributed by atoms with van der Waals surface area (Å²) < 4.78 is 0. The molecule has 2 heterocycles. The zero-order chi connectivity index (χ0) is 26.5. The van der Waals surface area contributed by atoms with E-state index in [1.165, 1.54) is 0 Å². The topological polar surface area (TPSA) is 136 Å². The quantitative estimate of drug-likeness (QED) is 0.167. The van der Waals surface area contributed by atoms with E-state index in [-0.39, 0.29) is 31.1 Å². The Balaban J connectivity index is 0. The van der Waals surface area contributed by atoms with Gasteiger partial charge in [-0.05, 0) is 37.1 Å². The van der Waals surface area contributed by atoms with Gasteiger partial charge in [0.15, 0.2) is 0 Å². The average Bonchev–Trinajstić information content (AvgIpc) is 2.77. The van der Waals surface area contributed by atoms with Gasteiger partial charge in [0.25, 0.3) is 12.4 Å². The number of nitrogens with zero attached hydrogens (tertiary/aromatic N) is 4. The third-order valence-electron chi connectivity index (χ3n) is 4.32. The summed E-state index contributed by atoms with van der Waals surface area (Å²) in [6.45, 7) is 6.76. The first-order valence-electron chi connectivity index (χ1n) is 10.3. The lowest BCUT2D eigenvalue weighted by atomic mass is 10.00. The maximum atomic E-state index is 10.6. The molecule has 1 unspecified atom stereocenters. The van der Waals surface area contributed by atoms with Gasteiger partial charge >= 0.3 is 0 Å². The molecular weight excluding hydrogens is 566 g/mol. The Hall–Kier alpha value is -2.66. The summed E-state index contributed by atoms with van der Waals surface area (Å²) in [7, 11) is 0. The monoisotopic (exact) mass is 596 g/mol. The van der Waals surface area contributed by atoms with Crippen LogP contribution in [0.5, 0.6) is 0 Å². The van der Waals surface area contributed by atoms with Gasteiger partial charge in [0.05, 0.1) is 31.3 Å². The molecule has 0 fully saturated rings. The number of nitrogens with one attached hydrogen (secondary N) is 2. The maximum absolute atomic E-state index is 10.6. The molecule has 2 rings (SSSR count). The van der Waals surface area contributed by atoms with E-state index >= 15 is 0 Å². The molecule has 1 atom stereocenters. The number of hydrogen-bond donors (Lipinski definition) is 2. The molecule has 0 aromatic carbocycles. The van der Waals surface area contributed by atoms with E-state index in [0.29, 0.717) is 40.9 Å². The second-order valence-corrected chi connectivity index (χ2v) is 8.46. The van der Waals surface area contributed by atoms with Crippen molar-refractivity contribution in [1.82, 2.24) is 20.6 Å². The molecule has 14 heteroatoms. The van der Waals surface area contributed by atoms with Crippen LogP contribution in [0.15, 0.2) is 48.3 Å². The van der Waals surface area contributed by atoms with E-state index in [4.69, 9.17) is 46.4 Å². The molecule has 0 amide bonds. The van der Waals surface area contributed by atoms with Crippen LogP contribution in [0.4, 0.5) is 0 Å². The zero-order valence-electron chi connectivity index (χ0n) is 19.1. The summed E-state index contributed by atoms with van der Waals surface area (Å²) >= 11 is 23.1. The molecule has 206 valence electrons. The van der Waals surface area contributed by atoms with Crippen LogP contribution in [0.2, 0.25) is 20.4 Å². The summed E-state index contributed by atoms with van der Waals surface area (Å²) in [6, 6.07) is 3.30. The minimum atomic E-state index is -0.497. The van der Waals surface area contributed by atoms with Crippen molar-refractivity contribution in [3.05, 3.63) is 100 Å². The SMILES string of the molecule is C.C.CCN/C(=C\[N+](=O)[O-])C(C)c1cnc(Cl)c(Cl)c1.CCN/C(=C\[N+](=O)[O-])Cc1cnc(Cl)c(Cl)c1. The second-order valence-electron chi connectivity index (χ2n) is 6.93. The van der Waals surface area contributed by atoms with E-state index in [0.717, 1.165) is 23.5 Å². The molecule has 0 spiro atoms. The number of allylic oxidation sites excluding steroid dienone is 2. The molecule has 0 aliphatic carbocycles. The summed E-state index contributed by atoms with van der Waals surface area (Å²) in [5.74, 6) is -0.211. The number of nitro groups is 2. The number of rotatable bonds is 10. The molecule has 0 aliphatic heterocycles. The lowest BCUT2D eigenvalue weighted by molar-refractivity contribution is -0.404. The first-order chi connectivity index (χ1) is 16.5.